The Labute approximate surface area is 173 Å². The molecule has 1 aliphatic rings. The number of carbonyl (C=O) groups is 2. The van der Waals surface area contributed by atoms with Crippen LogP contribution in [0.25, 0.3) is 0 Å². The van der Waals surface area contributed by atoms with Crippen molar-refractivity contribution in [2.75, 3.05) is 45.2 Å². The molecule has 1 unspecified atom stereocenters. The number of rotatable bonds is 9. The Hall–Kier alpha value is -1.38. The molecule has 1 saturated heterocycles. The number of carbonyl (C=O) groups excluding carboxylic acids is 2. The van der Waals surface area contributed by atoms with Gasteiger partial charge in [0.15, 0.2) is 0 Å². The highest BCUT2D eigenvalue weighted by molar-refractivity contribution is 5.95. The van der Waals surface area contributed by atoms with Crippen molar-refractivity contribution in [1.29, 1.82) is 0 Å². The third-order valence-electron chi connectivity index (χ3n) is 4.35. The second-order valence-corrected chi connectivity index (χ2v) is 6.23. The number of ether oxygens (including phenoxy) is 1. The van der Waals surface area contributed by atoms with Gasteiger partial charge in [-0.2, -0.15) is 0 Å². The fourth-order valence-electron chi connectivity index (χ4n) is 2.82. The van der Waals surface area contributed by atoms with Crippen LogP contribution < -0.4 is 16.4 Å². The molecule has 27 heavy (non-hydrogen) atoms. The zero-order chi connectivity index (χ0) is 18.1. The number of halogens is 2. The molecule has 0 aliphatic carbocycles. The van der Waals surface area contributed by atoms with Gasteiger partial charge in [0.05, 0.1) is 12.5 Å². The van der Waals surface area contributed by atoms with Crippen molar-refractivity contribution >= 4 is 42.3 Å². The number of amides is 2. The number of hydrogen-bond acceptors (Lipinski definition) is 5. The molecule has 2 amide bonds. The summed E-state index contributed by atoms with van der Waals surface area (Å²) in [5, 5.41) is 5.70. The van der Waals surface area contributed by atoms with Gasteiger partial charge in [0.2, 0.25) is 5.91 Å². The molecule has 9 heteroatoms. The Bertz CT molecular complexity index is 562. The second-order valence-electron chi connectivity index (χ2n) is 6.23. The summed E-state index contributed by atoms with van der Waals surface area (Å²) in [5.74, 6) is -0.264. The van der Waals surface area contributed by atoms with Crippen molar-refractivity contribution in [3.63, 3.8) is 0 Å². The summed E-state index contributed by atoms with van der Waals surface area (Å²) in [5.41, 5.74) is 6.73. The molecular weight excluding hydrogens is 391 g/mol. The van der Waals surface area contributed by atoms with Crippen molar-refractivity contribution in [1.82, 2.24) is 10.2 Å². The molecule has 1 aromatic rings. The standard InChI is InChI=1S/C18H28N4O3.2ClH/c1-25-16(13-19)12-17(23)21-15-6-4-14(5-7-15)18(24)20-8-11-22-9-2-3-10-22;;/h4-7,16H,2-3,8-13,19H2,1H3,(H,20,24)(H,21,23);2*1H. The third kappa shape index (κ3) is 8.90. The average Bonchev–Trinajstić information content (AvgIpc) is 3.13. The smallest absolute Gasteiger partial charge is 0.251 e. The lowest BCUT2D eigenvalue weighted by Crippen LogP contribution is -2.33. The summed E-state index contributed by atoms with van der Waals surface area (Å²) in [6, 6.07) is 6.85. The first-order chi connectivity index (χ1) is 12.1. The summed E-state index contributed by atoms with van der Waals surface area (Å²) >= 11 is 0. The van der Waals surface area contributed by atoms with Gasteiger partial charge in [-0.1, -0.05) is 0 Å². The summed E-state index contributed by atoms with van der Waals surface area (Å²) in [6.07, 6.45) is 2.40. The number of nitrogens with one attached hydrogen (secondary N) is 2. The number of nitrogens with zero attached hydrogens (tertiary/aromatic N) is 1. The van der Waals surface area contributed by atoms with E-state index in [9.17, 15) is 9.59 Å². The van der Waals surface area contributed by atoms with Crippen LogP contribution in [0.1, 0.15) is 29.6 Å². The molecule has 1 atom stereocenters. The monoisotopic (exact) mass is 420 g/mol. The van der Waals surface area contributed by atoms with E-state index < -0.39 is 0 Å². The van der Waals surface area contributed by atoms with E-state index in [0.29, 0.717) is 24.3 Å². The Balaban J connectivity index is 0.00000338. The van der Waals surface area contributed by atoms with Crippen LogP contribution in [0.4, 0.5) is 5.69 Å². The molecule has 154 valence electrons. The van der Waals surface area contributed by atoms with Crippen molar-refractivity contribution in [3.05, 3.63) is 29.8 Å². The molecule has 7 nitrogen and oxygen atoms in total. The first-order valence-corrected chi connectivity index (χ1v) is 8.75. The molecule has 0 radical (unpaired) electrons. The van der Waals surface area contributed by atoms with Crippen LogP contribution in [-0.4, -0.2) is 62.7 Å². The van der Waals surface area contributed by atoms with Crippen LogP contribution >= 0.6 is 24.8 Å². The maximum Gasteiger partial charge on any atom is 0.251 e. The van der Waals surface area contributed by atoms with Gasteiger partial charge in [-0.3, -0.25) is 9.59 Å². The lowest BCUT2D eigenvalue weighted by molar-refractivity contribution is -0.118. The summed E-state index contributed by atoms with van der Waals surface area (Å²) in [6.45, 7) is 4.08. The van der Waals surface area contributed by atoms with E-state index in [0.717, 1.165) is 19.6 Å². The van der Waals surface area contributed by atoms with E-state index in [-0.39, 0.29) is 49.2 Å². The number of methoxy groups -OCH3 is 1. The van der Waals surface area contributed by atoms with Gasteiger partial charge in [-0.15, -0.1) is 24.8 Å². The van der Waals surface area contributed by atoms with Gasteiger partial charge < -0.3 is 26.0 Å². The zero-order valence-electron chi connectivity index (χ0n) is 15.6. The van der Waals surface area contributed by atoms with Crippen LogP contribution in [0.2, 0.25) is 0 Å². The fourth-order valence-corrected chi connectivity index (χ4v) is 2.82. The van der Waals surface area contributed by atoms with Gasteiger partial charge in [0.1, 0.15) is 0 Å². The number of nitrogens with two attached hydrogens (primary N) is 1. The topological polar surface area (TPSA) is 96.7 Å². The first kappa shape index (κ1) is 25.6. The van der Waals surface area contributed by atoms with Gasteiger partial charge in [-0.05, 0) is 50.2 Å². The maximum absolute atomic E-state index is 12.1. The zero-order valence-corrected chi connectivity index (χ0v) is 17.2. The quantitative estimate of drug-likeness (QED) is 0.564. The normalized spacial score (nSPS) is 14.6. The summed E-state index contributed by atoms with van der Waals surface area (Å²) < 4.78 is 5.09. The van der Waals surface area contributed by atoms with Crippen molar-refractivity contribution in [3.8, 4) is 0 Å². The molecule has 1 fully saturated rings. The third-order valence-corrected chi connectivity index (χ3v) is 4.35. The van der Waals surface area contributed by atoms with E-state index in [1.807, 2.05) is 0 Å². The van der Waals surface area contributed by atoms with E-state index in [4.69, 9.17) is 10.5 Å². The minimum absolute atomic E-state index is 0. The molecule has 1 aliphatic heterocycles. The van der Waals surface area contributed by atoms with Gasteiger partial charge >= 0.3 is 0 Å². The van der Waals surface area contributed by atoms with Crippen molar-refractivity contribution < 1.29 is 14.3 Å². The molecule has 0 saturated carbocycles. The number of anilines is 1. The molecule has 4 N–H and O–H groups in total. The van der Waals surface area contributed by atoms with Crippen molar-refractivity contribution in [2.45, 2.75) is 25.4 Å². The predicted molar refractivity (Wildman–Crippen MR) is 112 cm³/mol. The predicted octanol–water partition coefficient (Wildman–Crippen LogP) is 1.66. The van der Waals surface area contributed by atoms with E-state index >= 15 is 0 Å². The van der Waals surface area contributed by atoms with Gasteiger partial charge in [-0.25, -0.2) is 0 Å². The first-order valence-electron chi connectivity index (χ1n) is 8.75. The highest BCUT2D eigenvalue weighted by atomic mass is 35.5. The molecule has 1 heterocycles. The van der Waals surface area contributed by atoms with E-state index in [1.165, 1.54) is 20.0 Å². The SMILES string of the molecule is COC(CN)CC(=O)Nc1ccc(C(=O)NCCN2CCCC2)cc1.Cl.Cl. The highest BCUT2D eigenvalue weighted by Gasteiger charge is 2.13. The fraction of sp³-hybridized carbons (Fsp3) is 0.556. The Morgan fingerprint density at radius 3 is 2.37 bits per heavy atom. The van der Waals surface area contributed by atoms with Crippen molar-refractivity contribution in [2.24, 2.45) is 5.73 Å². The number of hydrogen-bond donors (Lipinski definition) is 3. The lowest BCUT2D eigenvalue weighted by Gasteiger charge is -2.15. The largest absolute Gasteiger partial charge is 0.380 e. The van der Waals surface area contributed by atoms with Crippen LogP contribution in [0, 0.1) is 0 Å². The summed E-state index contributed by atoms with van der Waals surface area (Å²) in [7, 11) is 1.53. The van der Waals surface area contributed by atoms with Gasteiger partial charge in [0, 0.05) is 38.0 Å². The Morgan fingerprint density at radius 1 is 1.19 bits per heavy atom. The summed E-state index contributed by atoms with van der Waals surface area (Å²) in [4.78, 5) is 26.4. The Morgan fingerprint density at radius 2 is 1.81 bits per heavy atom. The van der Waals surface area contributed by atoms with Gasteiger partial charge in [0.25, 0.3) is 5.91 Å². The molecular formula is C18H30Cl2N4O3. The number of likely N-dealkylation sites (tertiary alicyclic amines) is 1. The van der Waals surface area contributed by atoms with Crippen LogP contribution in [0.3, 0.4) is 0 Å². The molecule has 0 aromatic heterocycles. The molecule has 0 spiro atoms. The molecule has 1 aromatic carbocycles. The minimum atomic E-state index is -0.291. The van der Waals surface area contributed by atoms with Crippen LogP contribution in [0.5, 0.6) is 0 Å². The van der Waals surface area contributed by atoms with Crippen LogP contribution in [-0.2, 0) is 9.53 Å². The Kier molecular flexibility index (Phi) is 13.0. The second kappa shape index (κ2) is 13.7. The maximum atomic E-state index is 12.1. The average molecular weight is 421 g/mol. The number of benzene rings is 1. The molecule has 2 rings (SSSR count). The van der Waals surface area contributed by atoms with E-state index in [1.54, 1.807) is 24.3 Å². The van der Waals surface area contributed by atoms with E-state index in [2.05, 4.69) is 15.5 Å². The lowest BCUT2D eigenvalue weighted by atomic mass is 10.2. The minimum Gasteiger partial charge on any atom is -0.380 e. The highest BCUT2D eigenvalue weighted by Crippen LogP contribution is 2.11. The molecule has 0 bridgehead atoms. The van der Waals surface area contributed by atoms with Crippen LogP contribution in [0.15, 0.2) is 24.3 Å².